The van der Waals surface area contributed by atoms with E-state index in [0.29, 0.717) is 5.56 Å². The van der Waals surface area contributed by atoms with Crippen molar-refractivity contribution in [3.05, 3.63) is 71.8 Å². The Bertz CT molecular complexity index is 807. The van der Waals surface area contributed by atoms with Crippen molar-refractivity contribution in [2.24, 2.45) is 0 Å². The number of imide groups is 1. The second-order valence-corrected chi connectivity index (χ2v) is 5.87. The van der Waals surface area contributed by atoms with Gasteiger partial charge in [0.15, 0.2) is 0 Å². The Kier molecular flexibility index (Phi) is 4.27. The number of hydrogen-bond donors (Lipinski definition) is 1. The third-order valence-corrected chi connectivity index (χ3v) is 4.47. The fourth-order valence-electron chi connectivity index (χ4n) is 3.21. The fraction of sp³-hybridized carbons (Fsp3) is 0.211. The van der Waals surface area contributed by atoms with Crippen LogP contribution in [-0.4, -0.2) is 41.7 Å². The minimum Gasteiger partial charge on any atom is -0.356 e. The number of carbonyl (C=O) groups excluding carboxylic acids is 3. The van der Waals surface area contributed by atoms with Crippen molar-refractivity contribution >= 4 is 17.8 Å². The van der Waals surface area contributed by atoms with E-state index in [4.69, 9.17) is 0 Å². The van der Waals surface area contributed by atoms with E-state index in [9.17, 15) is 14.4 Å². The second kappa shape index (κ2) is 6.39. The average molecular weight is 337 g/mol. The maximum atomic E-state index is 13.0. The molecule has 2 aromatic rings. The summed E-state index contributed by atoms with van der Waals surface area (Å²) in [6, 6.07) is 17.5. The number of nitrogens with one attached hydrogen (secondary N) is 1. The van der Waals surface area contributed by atoms with Gasteiger partial charge in [0.05, 0.1) is 0 Å². The Hall–Kier alpha value is -3.15. The summed E-state index contributed by atoms with van der Waals surface area (Å²) in [7, 11) is 2.86. The first-order chi connectivity index (χ1) is 12.0. The predicted octanol–water partition coefficient (Wildman–Crippen LogP) is 1.72. The van der Waals surface area contributed by atoms with Crippen LogP contribution in [0.15, 0.2) is 60.7 Å². The van der Waals surface area contributed by atoms with Crippen molar-refractivity contribution in [2.45, 2.75) is 12.1 Å². The maximum absolute atomic E-state index is 13.0. The molecule has 1 unspecified atom stereocenters. The van der Waals surface area contributed by atoms with Crippen LogP contribution in [0.3, 0.4) is 0 Å². The molecule has 0 aromatic heterocycles. The van der Waals surface area contributed by atoms with Crippen LogP contribution >= 0.6 is 0 Å². The van der Waals surface area contributed by atoms with Crippen LogP contribution in [0.25, 0.3) is 0 Å². The van der Waals surface area contributed by atoms with Gasteiger partial charge in [-0.2, -0.15) is 0 Å². The van der Waals surface area contributed by atoms with E-state index >= 15 is 0 Å². The zero-order chi connectivity index (χ0) is 18.0. The molecular weight excluding hydrogens is 318 g/mol. The van der Waals surface area contributed by atoms with Crippen molar-refractivity contribution in [2.75, 3.05) is 14.1 Å². The molecule has 1 atom stereocenters. The van der Waals surface area contributed by atoms with E-state index in [1.165, 1.54) is 19.0 Å². The highest BCUT2D eigenvalue weighted by molar-refractivity contribution is 6.20. The lowest BCUT2D eigenvalue weighted by Gasteiger charge is -2.34. The number of nitrogens with zero attached hydrogens (tertiary/aromatic N) is 2. The quantitative estimate of drug-likeness (QED) is 0.682. The largest absolute Gasteiger partial charge is 0.356 e. The van der Waals surface area contributed by atoms with Crippen LogP contribution < -0.4 is 5.32 Å². The van der Waals surface area contributed by atoms with Crippen molar-refractivity contribution in [3.8, 4) is 0 Å². The van der Waals surface area contributed by atoms with Crippen molar-refractivity contribution in [3.63, 3.8) is 0 Å². The van der Waals surface area contributed by atoms with Gasteiger partial charge in [-0.15, -0.1) is 0 Å². The molecule has 0 bridgehead atoms. The summed E-state index contributed by atoms with van der Waals surface area (Å²) in [5.41, 5.74) is -0.409. The minimum absolute atomic E-state index is 0.151. The first-order valence-electron chi connectivity index (χ1n) is 7.95. The molecule has 25 heavy (non-hydrogen) atoms. The van der Waals surface area contributed by atoms with Crippen LogP contribution in [0.4, 0.5) is 4.79 Å². The normalized spacial score (nSPS) is 20.1. The number of amides is 4. The third-order valence-electron chi connectivity index (χ3n) is 4.47. The van der Waals surface area contributed by atoms with Gasteiger partial charge in [0.1, 0.15) is 0 Å². The second-order valence-electron chi connectivity index (χ2n) is 5.87. The summed E-state index contributed by atoms with van der Waals surface area (Å²) in [5.74, 6) is -1.09. The molecule has 1 fully saturated rings. The first kappa shape index (κ1) is 16.7. The average Bonchev–Trinajstić information content (AvgIpc) is 2.85. The molecule has 0 spiro atoms. The highest BCUT2D eigenvalue weighted by atomic mass is 16.2. The van der Waals surface area contributed by atoms with Gasteiger partial charge in [0.25, 0.3) is 11.8 Å². The highest BCUT2D eigenvalue weighted by Crippen LogP contribution is 2.38. The summed E-state index contributed by atoms with van der Waals surface area (Å²) >= 11 is 0. The lowest BCUT2D eigenvalue weighted by Crippen LogP contribution is -2.56. The molecule has 6 heteroatoms. The van der Waals surface area contributed by atoms with Crippen molar-refractivity contribution < 1.29 is 14.4 Å². The molecule has 0 radical (unpaired) electrons. The zero-order valence-corrected chi connectivity index (χ0v) is 14.1. The number of urea groups is 1. The van der Waals surface area contributed by atoms with Gasteiger partial charge in [-0.1, -0.05) is 60.7 Å². The van der Waals surface area contributed by atoms with Gasteiger partial charge in [0, 0.05) is 20.6 Å². The van der Waals surface area contributed by atoms with Gasteiger partial charge in [-0.05, 0) is 11.1 Å². The van der Waals surface area contributed by atoms with E-state index < -0.39 is 23.4 Å². The van der Waals surface area contributed by atoms with E-state index in [2.05, 4.69) is 5.32 Å². The molecule has 0 saturated carbocycles. The summed E-state index contributed by atoms with van der Waals surface area (Å²) < 4.78 is 0. The molecule has 1 aliphatic heterocycles. The van der Waals surface area contributed by atoms with Crippen molar-refractivity contribution in [1.82, 2.24) is 15.1 Å². The van der Waals surface area contributed by atoms with Crippen LogP contribution in [0.1, 0.15) is 11.1 Å². The summed E-state index contributed by atoms with van der Waals surface area (Å²) in [5, 5.41) is 2.55. The topological polar surface area (TPSA) is 69.7 Å². The fourth-order valence-corrected chi connectivity index (χ4v) is 3.21. The van der Waals surface area contributed by atoms with Crippen molar-refractivity contribution in [1.29, 1.82) is 0 Å². The lowest BCUT2D eigenvalue weighted by molar-refractivity contribution is -0.144. The molecule has 128 valence electrons. The van der Waals surface area contributed by atoms with E-state index in [1.807, 2.05) is 30.3 Å². The minimum atomic E-state index is -1.71. The van der Waals surface area contributed by atoms with Gasteiger partial charge >= 0.3 is 6.03 Å². The molecule has 1 aliphatic rings. The molecule has 1 heterocycles. The molecule has 3 rings (SSSR count). The summed E-state index contributed by atoms with van der Waals surface area (Å²) in [6.07, 6.45) is 0. The molecule has 1 saturated heterocycles. The molecular formula is C19H19N3O3. The van der Waals surface area contributed by atoms with Crippen LogP contribution in [0, 0.1) is 0 Å². The molecule has 4 amide bonds. The number of hydrogen-bond acceptors (Lipinski definition) is 3. The van der Waals surface area contributed by atoms with Crippen LogP contribution in [-0.2, 0) is 21.7 Å². The molecule has 6 nitrogen and oxygen atoms in total. The lowest BCUT2D eigenvalue weighted by atomic mass is 9.86. The first-order valence-corrected chi connectivity index (χ1v) is 7.95. The van der Waals surface area contributed by atoms with E-state index in [1.54, 1.807) is 30.3 Å². The van der Waals surface area contributed by atoms with E-state index in [0.717, 1.165) is 10.5 Å². The zero-order valence-electron chi connectivity index (χ0n) is 14.1. The van der Waals surface area contributed by atoms with Gasteiger partial charge < -0.3 is 5.32 Å². The number of carbonyl (C=O) groups is 3. The van der Waals surface area contributed by atoms with Gasteiger partial charge in [0.2, 0.25) is 5.54 Å². The molecule has 0 aliphatic carbocycles. The number of benzene rings is 2. The predicted molar refractivity (Wildman–Crippen MR) is 92.3 cm³/mol. The Morgan fingerprint density at radius 1 is 1.00 bits per heavy atom. The maximum Gasteiger partial charge on any atom is 0.328 e. The monoisotopic (exact) mass is 337 g/mol. The SMILES string of the molecule is CNC(=O)C1(c2ccccc2)C(=O)N(C)C(=O)N1Cc1ccccc1. The van der Waals surface area contributed by atoms with Crippen LogP contribution in [0.5, 0.6) is 0 Å². The highest BCUT2D eigenvalue weighted by Gasteiger charge is 2.62. The third kappa shape index (κ3) is 2.46. The van der Waals surface area contributed by atoms with Crippen LogP contribution in [0.2, 0.25) is 0 Å². The molecule has 1 N–H and O–H groups in total. The Morgan fingerprint density at radius 3 is 2.12 bits per heavy atom. The number of rotatable bonds is 4. The standard InChI is InChI=1S/C19H19N3O3/c1-20-16(23)19(15-11-7-4-8-12-15)17(24)21(2)18(25)22(19)13-14-9-5-3-6-10-14/h3-12H,13H2,1-2H3,(H,20,23). The number of likely N-dealkylation sites (N-methyl/N-ethyl adjacent to an activating group) is 2. The van der Waals surface area contributed by atoms with Gasteiger partial charge in [-0.25, -0.2) is 4.79 Å². The molecule has 2 aromatic carbocycles. The Morgan fingerprint density at radius 2 is 1.56 bits per heavy atom. The van der Waals surface area contributed by atoms with Gasteiger partial charge in [-0.3, -0.25) is 19.4 Å². The van der Waals surface area contributed by atoms with E-state index in [-0.39, 0.29) is 6.54 Å². The smallest absolute Gasteiger partial charge is 0.328 e. The Balaban J connectivity index is 2.19. The summed E-state index contributed by atoms with van der Waals surface area (Å²) in [4.78, 5) is 41.0. The Labute approximate surface area is 146 Å². The summed E-state index contributed by atoms with van der Waals surface area (Å²) in [6.45, 7) is 0.151.